The third-order valence-corrected chi connectivity index (χ3v) is 5.57. The number of amides is 1. The van der Waals surface area contributed by atoms with Gasteiger partial charge in [0.1, 0.15) is 0 Å². The number of thiazole rings is 1. The average Bonchev–Trinajstić information content (AvgIpc) is 3.06. The summed E-state index contributed by atoms with van der Waals surface area (Å²) in [4.78, 5) is 22.0. The Morgan fingerprint density at radius 3 is 2.72 bits per heavy atom. The molecule has 1 atom stereocenters. The number of aryl methyl sites for hydroxylation is 1. The van der Waals surface area contributed by atoms with Crippen LogP contribution < -0.4 is 5.32 Å². The predicted molar refractivity (Wildman–Crippen MR) is 103 cm³/mol. The lowest BCUT2D eigenvalue weighted by Gasteiger charge is -2.14. The van der Waals surface area contributed by atoms with Gasteiger partial charge in [0.15, 0.2) is 0 Å². The fourth-order valence-corrected chi connectivity index (χ4v) is 3.84. The summed E-state index contributed by atoms with van der Waals surface area (Å²) in [7, 11) is 0. The molecule has 3 rings (SSSR count). The number of rotatable bonds is 6. The van der Waals surface area contributed by atoms with E-state index in [1.807, 2.05) is 50.2 Å². The molecule has 1 unspecified atom stereocenters. The summed E-state index contributed by atoms with van der Waals surface area (Å²) in [6.45, 7) is 3.97. The maximum atomic E-state index is 12.4. The predicted octanol–water partition coefficient (Wildman–Crippen LogP) is 4.63. The Morgan fingerprint density at radius 2 is 2.08 bits per heavy atom. The lowest BCUT2D eigenvalue weighted by molar-refractivity contribution is 0.0940. The van der Waals surface area contributed by atoms with Crippen molar-refractivity contribution in [3.8, 4) is 0 Å². The highest BCUT2D eigenvalue weighted by atomic mass is 32.2. The first-order chi connectivity index (χ1) is 12.1. The van der Waals surface area contributed by atoms with E-state index in [-0.39, 0.29) is 11.9 Å². The summed E-state index contributed by atoms with van der Waals surface area (Å²) in [6.07, 6.45) is 3.49. The van der Waals surface area contributed by atoms with Crippen LogP contribution in [0, 0.1) is 6.92 Å². The number of nitrogens with zero attached hydrogens (tertiary/aromatic N) is 2. The molecular formula is C19H19N3OS2. The average molecular weight is 370 g/mol. The van der Waals surface area contributed by atoms with Crippen LogP contribution in [0.4, 0.5) is 0 Å². The molecule has 4 nitrogen and oxygen atoms in total. The first-order valence-electron chi connectivity index (χ1n) is 7.96. The first-order valence-corrected chi connectivity index (χ1v) is 9.83. The van der Waals surface area contributed by atoms with Gasteiger partial charge in [-0.25, -0.2) is 4.98 Å². The van der Waals surface area contributed by atoms with E-state index in [2.05, 4.69) is 20.7 Å². The van der Waals surface area contributed by atoms with Gasteiger partial charge in [-0.1, -0.05) is 6.07 Å². The van der Waals surface area contributed by atoms with E-state index in [1.165, 1.54) is 0 Å². The Labute approximate surface area is 155 Å². The maximum absolute atomic E-state index is 12.4. The monoisotopic (exact) mass is 369 g/mol. The molecule has 0 radical (unpaired) electrons. The molecular weight excluding hydrogens is 350 g/mol. The van der Waals surface area contributed by atoms with Crippen molar-refractivity contribution in [1.82, 2.24) is 15.3 Å². The van der Waals surface area contributed by atoms with Gasteiger partial charge in [-0.05, 0) is 49.7 Å². The van der Waals surface area contributed by atoms with Crippen molar-refractivity contribution in [2.24, 2.45) is 0 Å². The van der Waals surface area contributed by atoms with Gasteiger partial charge >= 0.3 is 0 Å². The zero-order valence-corrected chi connectivity index (χ0v) is 15.7. The number of pyridine rings is 1. The van der Waals surface area contributed by atoms with Gasteiger partial charge in [0, 0.05) is 34.0 Å². The van der Waals surface area contributed by atoms with Crippen molar-refractivity contribution >= 4 is 29.0 Å². The van der Waals surface area contributed by atoms with E-state index in [9.17, 15) is 4.79 Å². The van der Waals surface area contributed by atoms with E-state index in [0.717, 1.165) is 26.9 Å². The largest absolute Gasteiger partial charge is 0.345 e. The van der Waals surface area contributed by atoms with Crippen molar-refractivity contribution in [2.75, 3.05) is 0 Å². The Bertz CT molecular complexity index is 831. The van der Waals surface area contributed by atoms with E-state index < -0.39 is 0 Å². The van der Waals surface area contributed by atoms with Crippen molar-refractivity contribution in [1.29, 1.82) is 0 Å². The highest BCUT2D eigenvalue weighted by Gasteiger charge is 2.11. The minimum absolute atomic E-state index is 0.0804. The van der Waals surface area contributed by atoms with Crippen LogP contribution in [-0.2, 0) is 5.75 Å². The third kappa shape index (κ3) is 4.90. The van der Waals surface area contributed by atoms with Crippen molar-refractivity contribution in [3.63, 3.8) is 0 Å². The molecule has 1 aromatic carbocycles. The van der Waals surface area contributed by atoms with Crippen LogP contribution in [0.3, 0.4) is 0 Å². The van der Waals surface area contributed by atoms with E-state index in [0.29, 0.717) is 5.56 Å². The minimum atomic E-state index is -0.0805. The number of thioether (sulfide) groups is 1. The highest BCUT2D eigenvalue weighted by Crippen LogP contribution is 2.24. The zero-order valence-electron chi connectivity index (χ0n) is 14.1. The van der Waals surface area contributed by atoms with E-state index >= 15 is 0 Å². The number of carbonyl (C=O) groups is 1. The van der Waals surface area contributed by atoms with Crippen LogP contribution in [0.2, 0.25) is 0 Å². The molecule has 0 aliphatic rings. The molecule has 0 bridgehead atoms. The van der Waals surface area contributed by atoms with Gasteiger partial charge in [0.2, 0.25) is 0 Å². The molecule has 1 amide bonds. The fourth-order valence-electron chi connectivity index (χ4n) is 2.33. The molecule has 2 aromatic heterocycles. The second-order valence-electron chi connectivity index (χ2n) is 5.65. The van der Waals surface area contributed by atoms with Crippen molar-refractivity contribution in [2.45, 2.75) is 30.5 Å². The SMILES string of the molecule is Cc1nc(CSc2ccc(C(=O)NC(C)c3cccnc3)cc2)cs1. The second kappa shape index (κ2) is 8.27. The van der Waals surface area contributed by atoms with Gasteiger partial charge in [-0.3, -0.25) is 9.78 Å². The Kier molecular flexibility index (Phi) is 5.83. The Hall–Kier alpha value is -2.18. The summed E-state index contributed by atoms with van der Waals surface area (Å²) in [6, 6.07) is 11.4. The standard InChI is InChI=1S/C19H19N3OS2/c1-13(16-4-3-9-20-10-16)21-19(23)15-5-7-18(8-6-15)25-12-17-11-24-14(2)22-17/h3-11,13H,12H2,1-2H3,(H,21,23). The Morgan fingerprint density at radius 1 is 1.28 bits per heavy atom. The third-order valence-electron chi connectivity index (χ3n) is 3.70. The van der Waals surface area contributed by atoms with Crippen LogP contribution >= 0.6 is 23.1 Å². The molecule has 0 saturated carbocycles. The molecule has 2 heterocycles. The van der Waals surface area contributed by atoms with Crippen LogP contribution in [-0.4, -0.2) is 15.9 Å². The molecule has 0 saturated heterocycles. The number of aromatic nitrogens is 2. The first kappa shape index (κ1) is 17.6. The van der Waals surface area contributed by atoms with Gasteiger partial charge < -0.3 is 5.32 Å². The summed E-state index contributed by atoms with van der Waals surface area (Å²) >= 11 is 3.39. The molecule has 3 aromatic rings. The quantitative estimate of drug-likeness (QED) is 0.644. The summed E-state index contributed by atoms with van der Waals surface area (Å²) in [5.74, 6) is 0.761. The van der Waals surface area contributed by atoms with Crippen LogP contribution in [0.15, 0.2) is 59.1 Å². The summed E-state index contributed by atoms with van der Waals surface area (Å²) < 4.78 is 0. The number of benzene rings is 1. The molecule has 25 heavy (non-hydrogen) atoms. The van der Waals surface area contributed by atoms with Gasteiger partial charge in [0.05, 0.1) is 16.7 Å². The number of hydrogen-bond donors (Lipinski definition) is 1. The van der Waals surface area contributed by atoms with Gasteiger partial charge in [-0.15, -0.1) is 23.1 Å². The molecule has 6 heteroatoms. The molecule has 0 fully saturated rings. The lowest BCUT2D eigenvalue weighted by atomic mass is 10.1. The minimum Gasteiger partial charge on any atom is -0.345 e. The second-order valence-corrected chi connectivity index (χ2v) is 7.76. The Balaban J connectivity index is 1.57. The molecule has 128 valence electrons. The number of hydrogen-bond acceptors (Lipinski definition) is 5. The lowest BCUT2D eigenvalue weighted by Crippen LogP contribution is -2.26. The van der Waals surface area contributed by atoms with E-state index in [4.69, 9.17) is 0 Å². The number of carbonyl (C=O) groups excluding carboxylic acids is 1. The van der Waals surface area contributed by atoms with Crippen LogP contribution in [0.1, 0.15) is 39.6 Å². The molecule has 1 N–H and O–H groups in total. The van der Waals surface area contributed by atoms with Gasteiger partial charge in [0.25, 0.3) is 5.91 Å². The normalized spacial score (nSPS) is 11.9. The van der Waals surface area contributed by atoms with Crippen LogP contribution in [0.25, 0.3) is 0 Å². The van der Waals surface area contributed by atoms with Crippen molar-refractivity contribution in [3.05, 3.63) is 76.0 Å². The fraction of sp³-hybridized carbons (Fsp3) is 0.211. The number of nitrogens with one attached hydrogen (secondary N) is 1. The smallest absolute Gasteiger partial charge is 0.251 e. The van der Waals surface area contributed by atoms with Gasteiger partial charge in [-0.2, -0.15) is 0 Å². The molecule has 0 aliphatic heterocycles. The van der Waals surface area contributed by atoms with Crippen molar-refractivity contribution < 1.29 is 4.79 Å². The summed E-state index contributed by atoms with van der Waals surface area (Å²) in [5.41, 5.74) is 2.74. The maximum Gasteiger partial charge on any atom is 0.251 e. The van der Waals surface area contributed by atoms with Crippen LogP contribution in [0.5, 0.6) is 0 Å². The summed E-state index contributed by atoms with van der Waals surface area (Å²) in [5, 5.41) is 6.17. The zero-order chi connectivity index (χ0) is 17.6. The topological polar surface area (TPSA) is 54.9 Å². The van der Waals surface area contributed by atoms with E-state index in [1.54, 1.807) is 35.5 Å². The highest BCUT2D eigenvalue weighted by molar-refractivity contribution is 7.98. The molecule has 0 aliphatic carbocycles. The molecule has 0 spiro atoms.